The van der Waals surface area contributed by atoms with E-state index in [1.165, 1.54) is 11.3 Å². The average Bonchev–Trinajstić information content (AvgIpc) is 2.05. The van der Waals surface area contributed by atoms with Gasteiger partial charge in [0.05, 0.1) is 0 Å². The quantitative estimate of drug-likeness (QED) is 0.716. The molecule has 0 unspecified atom stereocenters. The Bertz CT molecular complexity index is 245. The third-order valence-electron chi connectivity index (χ3n) is 1.77. The van der Waals surface area contributed by atoms with Gasteiger partial charge in [-0.2, -0.15) is 0 Å². The molecular weight excluding hydrogens is 166 g/mol. The maximum atomic E-state index is 3.22. The molecule has 0 aromatic heterocycles. The van der Waals surface area contributed by atoms with Gasteiger partial charge in [-0.05, 0) is 23.6 Å². The van der Waals surface area contributed by atoms with Gasteiger partial charge in [0.2, 0.25) is 0 Å². The zero-order chi connectivity index (χ0) is 8.97. The predicted octanol–water partition coefficient (Wildman–Crippen LogP) is 3.50. The Labute approximate surface area is 78.7 Å². The largest absolute Gasteiger partial charge is 0.330 e. The Morgan fingerprint density at radius 1 is 1.33 bits per heavy atom. The van der Waals surface area contributed by atoms with E-state index >= 15 is 0 Å². The van der Waals surface area contributed by atoms with Gasteiger partial charge in [-0.25, -0.2) is 0 Å². The summed E-state index contributed by atoms with van der Waals surface area (Å²) in [5, 5.41) is 0. The summed E-state index contributed by atoms with van der Waals surface area (Å²) < 4.78 is 3.22. The van der Waals surface area contributed by atoms with E-state index < -0.39 is 0 Å². The van der Waals surface area contributed by atoms with E-state index in [2.05, 4.69) is 42.8 Å². The Hall–Kier alpha value is -0.630. The Morgan fingerprint density at radius 3 is 2.67 bits per heavy atom. The van der Waals surface area contributed by atoms with Crippen LogP contribution in [0.4, 0.5) is 5.69 Å². The standard InChI is InChI=1S/C10H15NS/c1-8(2)9-5-4-6-10(7-9)11-12-3/h4-8,11H,1-3H3. The van der Waals surface area contributed by atoms with Crippen LogP contribution in [0.3, 0.4) is 0 Å². The SMILES string of the molecule is CSNc1cccc(C(C)C)c1. The van der Waals surface area contributed by atoms with Crippen LogP contribution >= 0.6 is 11.9 Å². The predicted molar refractivity (Wildman–Crippen MR) is 57.7 cm³/mol. The molecule has 0 fully saturated rings. The zero-order valence-electron chi connectivity index (χ0n) is 7.79. The summed E-state index contributed by atoms with van der Waals surface area (Å²) >= 11 is 1.63. The first-order valence-electron chi connectivity index (χ1n) is 4.13. The van der Waals surface area contributed by atoms with Crippen molar-refractivity contribution in [2.45, 2.75) is 19.8 Å². The third-order valence-corrected chi connectivity index (χ3v) is 2.21. The fourth-order valence-electron chi connectivity index (χ4n) is 1.08. The first kappa shape index (κ1) is 9.46. The smallest absolute Gasteiger partial charge is 0.0442 e. The van der Waals surface area contributed by atoms with Crippen molar-refractivity contribution < 1.29 is 0 Å². The molecule has 1 nitrogen and oxygen atoms in total. The molecule has 12 heavy (non-hydrogen) atoms. The van der Waals surface area contributed by atoms with Crippen molar-refractivity contribution in [3.8, 4) is 0 Å². The minimum Gasteiger partial charge on any atom is -0.330 e. The second-order valence-corrected chi connectivity index (χ2v) is 3.70. The van der Waals surface area contributed by atoms with E-state index in [4.69, 9.17) is 0 Å². The van der Waals surface area contributed by atoms with Crippen LogP contribution in [0, 0.1) is 0 Å². The lowest BCUT2D eigenvalue weighted by Crippen LogP contribution is -1.89. The van der Waals surface area contributed by atoms with Gasteiger partial charge < -0.3 is 4.72 Å². The van der Waals surface area contributed by atoms with E-state index in [1.807, 2.05) is 6.26 Å². The van der Waals surface area contributed by atoms with Gasteiger partial charge in [-0.1, -0.05) is 37.9 Å². The van der Waals surface area contributed by atoms with Crippen molar-refractivity contribution in [3.05, 3.63) is 29.8 Å². The number of hydrogen-bond donors (Lipinski definition) is 1. The molecule has 0 spiro atoms. The van der Waals surface area contributed by atoms with Crippen molar-refractivity contribution in [2.75, 3.05) is 11.0 Å². The molecule has 0 aliphatic rings. The molecule has 2 heteroatoms. The molecule has 66 valence electrons. The monoisotopic (exact) mass is 181 g/mol. The summed E-state index contributed by atoms with van der Waals surface area (Å²) in [5.74, 6) is 0.605. The number of hydrogen-bond acceptors (Lipinski definition) is 2. The molecule has 0 amide bonds. The normalized spacial score (nSPS) is 10.3. The van der Waals surface area contributed by atoms with Gasteiger partial charge in [-0.15, -0.1) is 0 Å². The second-order valence-electron chi connectivity index (χ2n) is 3.09. The number of nitrogens with one attached hydrogen (secondary N) is 1. The average molecular weight is 181 g/mol. The summed E-state index contributed by atoms with van der Waals surface area (Å²) in [7, 11) is 0. The van der Waals surface area contributed by atoms with Crippen LogP contribution in [0.1, 0.15) is 25.3 Å². The molecule has 1 N–H and O–H groups in total. The summed E-state index contributed by atoms with van der Waals surface area (Å²) in [6.07, 6.45) is 2.03. The molecule has 1 aromatic rings. The second kappa shape index (κ2) is 4.41. The minimum atomic E-state index is 0.605. The van der Waals surface area contributed by atoms with Crippen molar-refractivity contribution >= 4 is 17.6 Å². The van der Waals surface area contributed by atoms with Crippen LogP contribution in [0.25, 0.3) is 0 Å². The fraction of sp³-hybridized carbons (Fsp3) is 0.400. The Morgan fingerprint density at radius 2 is 2.08 bits per heavy atom. The highest BCUT2D eigenvalue weighted by atomic mass is 32.2. The van der Waals surface area contributed by atoms with Gasteiger partial charge in [0.15, 0.2) is 0 Å². The molecule has 0 radical (unpaired) electrons. The topological polar surface area (TPSA) is 12.0 Å². The van der Waals surface area contributed by atoms with Crippen LogP contribution in [0.15, 0.2) is 24.3 Å². The molecule has 0 bridgehead atoms. The van der Waals surface area contributed by atoms with Crippen LogP contribution in [-0.4, -0.2) is 6.26 Å². The van der Waals surface area contributed by atoms with Crippen molar-refractivity contribution in [1.29, 1.82) is 0 Å². The van der Waals surface area contributed by atoms with E-state index in [9.17, 15) is 0 Å². The van der Waals surface area contributed by atoms with E-state index in [0.717, 1.165) is 0 Å². The maximum Gasteiger partial charge on any atom is 0.0442 e. The summed E-state index contributed by atoms with van der Waals surface area (Å²) in [6.45, 7) is 4.41. The molecule has 0 saturated carbocycles. The van der Waals surface area contributed by atoms with Crippen molar-refractivity contribution in [2.24, 2.45) is 0 Å². The van der Waals surface area contributed by atoms with Crippen LogP contribution in [0.5, 0.6) is 0 Å². The lowest BCUT2D eigenvalue weighted by molar-refractivity contribution is 0.867. The Balaban J connectivity index is 2.81. The molecule has 0 aliphatic heterocycles. The highest BCUT2D eigenvalue weighted by molar-refractivity contribution is 7.99. The highest BCUT2D eigenvalue weighted by Crippen LogP contribution is 2.19. The molecular formula is C10H15NS. The van der Waals surface area contributed by atoms with E-state index in [1.54, 1.807) is 11.9 Å². The third kappa shape index (κ3) is 2.45. The zero-order valence-corrected chi connectivity index (χ0v) is 8.61. The summed E-state index contributed by atoms with van der Waals surface area (Å²) in [4.78, 5) is 0. The first-order valence-corrected chi connectivity index (χ1v) is 5.35. The van der Waals surface area contributed by atoms with Crippen LogP contribution in [0.2, 0.25) is 0 Å². The highest BCUT2D eigenvalue weighted by Gasteiger charge is 1.98. The molecule has 1 rings (SSSR count). The number of benzene rings is 1. The Kier molecular flexibility index (Phi) is 3.48. The van der Waals surface area contributed by atoms with E-state index in [-0.39, 0.29) is 0 Å². The minimum absolute atomic E-state index is 0.605. The van der Waals surface area contributed by atoms with Gasteiger partial charge >= 0.3 is 0 Å². The van der Waals surface area contributed by atoms with E-state index in [0.29, 0.717) is 5.92 Å². The van der Waals surface area contributed by atoms with Gasteiger partial charge in [-0.3, -0.25) is 0 Å². The summed E-state index contributed by atoms with van der Waals surface area (Å²) in [5.41, 5.74) is 2.57. The number of anilines is 1. The van der Waals surface area contributed by atoms with Crippen molar-refractivity contribution in [1.82, 2.24) is 0 Å². The van der Waals surface area contributed by atoms with Crippen molar-refractivity contribution in [3.63, 3.8) is 0 Å². The molecule has 1 aromatic carbocycles. The lowest BCUT2D eigenvalue weighted by atomic mass is 10.0. The van der Waals surface area contributed by atoms with Gasteiger partial charge in [0.25, 0.3) is 0 Å². The molecule has 0 saturated heterocycles. The summed E-state index contributed by atoms with van der Waals surface area (Å²) in [6, 6.07) is 8.54. The van der Waals surface area contributed by atoms with Crippen LogP contribution in [-0.2, 0) is 0 Å². The van der Waals surface area contributed by atoms with Gasteiger partial charge in [0, 0.05) is 11.9 Å². The molecule has 0 atom stereocenters. The van der Waals surface area contributed by atoms with Crippen LogP contribution < -0.4 is 4.72 Å². The fourth-order valence-corrected chi connectivity index (χ4v) is 1.44. The van der Waals surface area contributed by atoms with Gasteiger partial charge in [0.1, 0.15) is 0 Å². The number of rotatable bonds is 3. The first-order chi connectivity index (χ1) is 5.74. The maximum absolute atomic E-state index is 3.22. The molecule has 0 heterocycles. The lowest BCUT2D eigenvalue weighted by Gasteiger charge is -2.07. The molecule has 0 aliphatic carbocycles.